The number of aromatic nitrogens is 1. The first-order valence-electron chi connectivity index (χ1n) is 6.95. The summed E-state index contributed by atoms with van der Waals surface area (Å²) in [5.41, 5.74) is 2.17. The third-order valence-electron chi connectivity index (χ3n) is 3.21. The molecule has 0 radical (unpaired) electrons. The Labute approximate surface area is 134 Å². The third kappa shape index (κ3) is 3.57. The van der Waals surface area contributed by atoms with Crippen LogP contribution in [0.15, 0.2) is 89.2 Å². The van der Waals surface area contributed by atoms with Gasteiger partial charge in [-0.3, -0.25) is 0 Å². The SMILES string of the molecule is Clc1ccnc(N=NC(c2ccccc2)c2ccccc2)c1. The fraction of sp³-hybridized carbons (Fsp3) is 0.0556. The molecule has 3 aromatic rings. The molecule has 0 amide bonds. The van der Waals surface area contributed by atoms with Crippen LogP contribution in [0.2, 0.25) is 5.02 Å². The lowest BCUT2D eigenvalue weighted by Gasteiger charge is -2.11. The molecule has 0 saturated heterocycles. The average molecular weight is 308 g/mol. The monoisotopic (exact) mass is 307 g/mol. The van der Waals surface area contributed by atoms with Gasteiger partial charge >= 0.3 is 0 Å². The molecule has 0 N–H and O–H groups in total. The lowest BCUT2D eigenvalue weighted by Crippen LogP contribution is -1.96. The predicted octanol–water partition coefficient (Wildman–Crippen LogP) is 5.61. The number of hydrogen-bond donors (Lipinski definition) is 0. The Balaban J connectivity index is 1.96. The molecule has 1 aromatic heterocycles. The summed E-state index contributed by atoms with van der Waals surface area (Å²) in [4.78, 5) is 4.15. The van der Waals surface area contributed by atoms with Gasteiger partial charge in [0.2, 0.25) is 0 Å². The summed E-state index contributed by atoms with van der Waals surface area (Å²) >= 11 is 5.95. The van der Waals surface area contributed by atoms with E-state index in [1.165, 1.54) is 0 Å². The van der Waals surface area contributed by atoms with Gasteiger partial charge in [-0.25, -0.2) is 4.98 Å². The van der Waals surface area contributed by atoms with Gasteiger partial charge in [0.25, 0.3) is 0 Å². The summed E-state index contributed by atoms with van der Waals surface area (Å²) < 4.78 is 0. The molecule has 0 bridgehead atoms. The molecule has 3 nitrogen and oxygen atoms in total. The number of nitrogens with zero attached hydrogens (tertiary/aromatic N) is 3. The third-order valence-corrected chi connectivity index (χ3v) is 3.45. The Bertz CT molecular complexity index is 718. The number of hydrogen-bond acceptors (Lipinski definition) is 3. The molecular weight excluding hydrogens is 294 g/mol. The second kappa shape index (κ2) is 6.96. The van der Waals surface area contributed by atoms with Crippen molar-refractivity contribution in [1.82, 2.24) is 4.98 Å². The van der Waals surface area contributed by atoms with E-state index in [0.29, 0.717) is 10.8 Å². The number of pyridine rings is 1. The zero-order valence-corrected chi connectivity index (χ0v) is 12.6. The van der Waals surface area contributed by atoms with Crippen LogP contribution >= 0.6 is 11.6 Å². The van der Waals surface area contributed by atoms with Crippen molar-refractivity contribution in [2.45, 2.75) is 6.04 Å². The van der Waals surface area contributed by atoms with E-state index in [9.17, 15) is 0 Å². The molecule has 22 heavy (non-hydrogen) atoms. The van der Waals surface area contributed by atoms with Crippen molar-refractivity contribution in [3.63, 3.8) is 0 Å². The number of halogens is 1. The first-order chi connectivity index (χ1) is 10.8. The molecule has 0 unspecified atom stereocenters. The topological polar surface area (TPSA) is 37.6 Å². The van der Waals surface area contributed by atoms with Crippen LogP contribution in [0.3, 0.4) is 0 Å². The van der Waals surface area contributed by atoms with Gasteiger partial charge in [-0.15, -0.1) is 5.11 Å². The molecule has 0 fully saturated rings. The minimum Gasteiger partial charge on any atom is -0.236 e. The van der Waals surface area contributed by atoms with E-state index in [1.54, 1.807) is 18.3 Å². The van der Waals surface area contributed by atoms with Gasteiger partial charge in [-0.05, 0) is 17.2 Å². The highest BCUT2D eigenvalue weighted by Crippen LogP contribution is 2.27. The minimum absolute atomic E-state index is 0.164. The normalized spacial score (nSPS) is 11.2. The van der Waals surface area contributed by atoms with Crippen LogP contribution in [-0.4, -0.2) is 4.98 Å². The molecule has 1 heterocycles. The van der Waals surface area contributed by atoms with Crippen LogP contribution in [0.25, 0.3) is 0 Å². The summed E-state index contributed by atoms with van der Waals surface area (Å²) in [7, 11) is 0. The minimum atomic E-state index is -0.164. The number of benzene rings is 2. The summed E-state index contributed by atoms with van der Waals surface area (Å²) in [5.74, 6) is 0.504. The van der Waals surface area contributed by atoms with Crippen LogP contribution in [-0.2, 0) is 0 Å². The molecule has 0 saturated carbocycles. The van der Waals surface area contributed by atoms with Gasteiger partial charge in [0.1, 0.15) is 6.04 Å². The Hall–Kier alpha value is -2.52. The number of azo groups is 1. The van der Waals surface area contributed by atoms with Crippen molar-refractivity contribution in [3.8, 4) is 0 Å². The fourth-order valence-electron chi connectivity index (χ4n) is 2.16. The largest absolute Gasteiger partial charge is 0.236 e. The second-order valence-electron chi connectivity index (χ2n) is 4.77. The van der Waals surface area contributed by atoms with Gasteiger partial charge < -0.3 is 0 Å². The lowest BCUT2D eigenvalue weighted by atomic mass is 10.00. The van der Waals surface area contributed by atoms with E-state index in [0.717, 1.165) is 11.1 Å². The van der Waals surface area contributed by atoms with Crippen molar-refractivity contribution in [1.29, 1.82) is 0 Å². The maximum atomic E-state index is 5.95. The van der Waals surface area contributed by atoms with Crippen LogP contribution < -0.4 is 0 Å². The maximum Gasteiger partial charge on any atom is 0.175 e. The molecule has 0 aliphatic heterocycles. The molecular formula is C18H14ClN3. The molecule has 3 rings (SSSR count). The molecule has 108 valence electrons. The standard InChI is InChI=1S/C18H14ClN3/c19-16-11-12-20-17(13-16)21-22-18(14-7-3-1-4-8-14)15-9-5-2-6-10-15/h1-13,18H. The lowest BCUT2D eigenvalue weighted by molar-refractivity contribution is 0.804. The molecule has 4 heteroatoms. The highest BCUT2D eigenvalue weighted by molar-refractivity contribution is 6.30. The van der Waals surface area contributed by atoms with Crippen molar-refractivity contribution < 1.29 is 0 Å². The van der Waals surface area contributed by atoms with E-state index in [1.807, 2.05) is 60.7 Å². The zero-order valence-electron chi connectivity index (χ0n) is 11.8. The second-order valence-corrected chi connectivity index (χ2v) is 5.21. The van der Waals surface area contributed by atoms with Gasteiger partial charge in [-0.2, -0.15) is 5.11 Å². The van der Waals surface area contributed by atoms with Gasteiger partial charge in [-0.1, -0.05) is 72.3 Å². The first-order valence-corrected chi connectivity index (χ1v) is 7.33. The Morgan fingerprint density at radius 1 is 0.818 bits per heavy atom. The van der Waals surface area contributed by atoms with Crippen molar-refractivity contribution >= 4 is 17.4 Å². The van der Waals surface area contributed by atoms with Gasteiger partial charge in [0, 0.05) is 17.3 Å². The summed E-state index contributed by atoms with van der Waals surface area (Å²) in [6, 6.07) is 23.4. The van der Waals surface area contributed by atoms with Crippen LogP contribution in [0.1, 0.15) is 17.2 Å². The zero-order chi connectivity index (χ0) is 15.2. The Morgan fingerprint density at radius 2 is 1.41 bits per heavy atom. The van der Waals surface area contributed by atoms with E-state index < -0.39 is 0 Å². The Morgan fingerprint density at radius 3 is 1.95 bits per heavy atom. The van der Waals surface area contributed by atoms with Crippen LogP contribution in [0, 0.1) is 0 Å². The Kier molecular flexibility index (Phi) is 4.56. The molecule has 2 aromatic carbocycles. The quantitative estimate of drug-likeness (QED) is 0.577. The first kappa shape index (κ1) is 14.4. The number of rotatable bonds is 4. The molecule has 0 spiro atoms. The van der Waals surface area contributed by atoms with Crippen molar-refractivity contribution in [2.75, 3.05) is 0 Å². The fourth-order valence-corrected chi connectivity index (χ4v) is 2.32. The average Bonchev–Trinajstić information content (AvgIpc) is 2.57. The van der Waals surface area contributed by atoms with Crippen LogP contribution in [0.4, 0.5) is 5.82 Å². The molecule has 0 atom stereocenters. The predicted molar refractivity (Wildman–Crippen MR) is 88.5 cm³/mol. The molecule has 0 aliphatic rings. The van der Waals surface area contributed by atoms with Crippen LogP contribution in [0.5, 0.6) is 0 Å². The highest BCUT2D eigenvalue weighted by Gasteiger charge is 2.12. The van der Waals surface area contributed by atoms with E-state index >= 15 is 0 Å². The van der Waals surface area contributed by atoms with Gasteiger partial charge in [0.05, 0.1) is 0 Å². The summed E-state index contributed by atoms with van der Waals surface area (Å²) in [5, 5.41) is 9.33. The molecule has 0 aliphatic carbocycles. The van der Waals surface area contributed by atoms with Gasteiger partial charge in [0.15, 0.2) is 5.82 Å². The maximum absolute atomic E-state index is 5.95. The van der Waals surface area contributed by atoms with E-state index in [4.69, 9.17) is 11.6 Å². The van der Waals surface area contributed by atoms with Crippen molar-refractivity contribution in [3.05, 3.63) is 95.1 Å². The van der Waals surface area contributed by atoms with E-state index in [2.05, 4.69) is 15.2 Å². The summed E-state index contributed by atoms with van der Waals surface area (Å²) in [6.07, 6.45) is 1.62. The highest BCUT2D eigenvalue weighted by atomic mass is 35.5. The summed E-state index contributed by atoms with van der Waals surface area (Å²) in [6.45, 7) is 0. The van der Waals surface area contributed by atoms with E-state index in [-0.39, 0.29) is 6.04 Å². The van der Waals surface area contributed by atoms with Crippen molar-refractivity contribution in [2.24, 2.45) is 10.2 Å². The smallest absolute Gasteiger partial charge is 0.175 e.